The number of halogens is 1. The van der Waals surface area contributed by atoms with Gasteiger partial charge in [0.15, 0.2) is 0 Å². The second-order valence-corrected chi connectivity index (χ2v) is 6.93. The van der Waals surface area contributed by atoms with Gasteiger partial charge in [0.2, 0.25) is 0 Å². The molecule has 1 amide bonds. The molecule has 1 N–H and O–H groups in total. The van der Waals surface area contributed by atoms with E-state index in [1.807, 2.05) is 23.9 Å². The molecule has 1 aliphatic heterocycles. The monoisotopic (exact) mass is 314 g/mol. The quantitative estimate of drug-likeness (QED) is 0.872. The van der Waals surface area contributed by atoms with Crippen molar-refractivity contribution < 1.29 is 4.79 Å². The Morgan fingerprint density at radius 2 is 2.47 bits per heavy atom. The van der Waals surface area contributed by atoms with E-state index in [1.54, 1.807) is 6.07 Å². The molecule has 2 rings (SSSR count). The number of thioether (sulfide) groups is 1. The molecule has 17 heavy (non-hydrogen) atoms. The van der Waals surface area contributed by atoms with Crippen molar-refractivity contribution >= 4 is 33.6 Å². The Morgan fingerprint density at radius 1 is 1.65 bits per heavy atom. The van der Waals surface area contributed by atoms with Gasteiger partial charge >= 0.3 is 0 Å². The number of carbonyl (C=O) groups excluding carboxylic acids is 1. The minimum atomic E-state index is -0.0972. The van der Waals surface area contributed by atoms with Crippen molar-refractivity contribution in [3.8, 4) is 0 Å². The number of aromatic nitrogens is 1. The van der Waals surface area contributed by atoms with Crippen molar-refractivity contribution in [1.82, 2.24) is 10.3 Å². The van der Waals surface area contributed by atoms with Gasteiger partial charge in [-0.3, -0.25) is 4.79 Å². The predicted molar refractivity (Wildman–Crippen MR) is 74.4 cm³/mol. The van der Waals surface area contributed by atoms with Gasteiger partial charge in [0, 0.05) is 11.3 Å². The molecule has 0 spiro atoms. The van der Waals surface area contributed by atoms with Gasteiger partial charge in [0.25, 0.3) is 5.91 Å². The lowest BCUT2D eigenvalue weighted by atomic mass is 10.1. The maximum absolute atomic E-state index is 11.9. The van der Waals surface area contributed by atoms with Crippen molar-refractivity contribution in [2.24, 2.45) is 0 Å². The van der Waals surface area contributed by atoms with E-state index < -0.39 is 0 Å². The number of rotatable bonds is 3. The largest absolute Gasteiger partial charge is 0.349 e. The van der Waals surface area contributed by atoms with Crippen LogP contribution in [0.15, 0.2) is 22.8 Å². The molecule has 1 atom stereocenters. The first kappa shape index (κ1) is 12.9. The van der Waals surface area contributed by atoms with Gasteiger partial charge in [-0.15, -0.1) is 0 Å². The zero-order chi connectivity index (χ0) is 12.3. The van der Waals surface area contributed by atoms with E-state index >= 15 is 0 Å². The second-order valence-electron chi connectivity index (χ2n) is 4.43. The van der Waals surface area contributed by atoms with Crippen LogP contribution in [0.3, 0.4) is 0 Å². The van der Waals surface area contributed by atoms with Crippen LogP contribution in [0, 0.1) is 0 Å². The van der Waals surface area contributed by atoms with E-state index in [-0.39, 0.29) is 10.7 Å². The number of pyridine rings is 1. The van der Waals surface area contributed by atoms with Gasteiger partial charge < -0.3 is 5.32 Å². The number of hydrogen-bond acceptors (Lipinski definition) is 3. The van der Waals surface area contributed by atoms with Crippen molar-refractivity contribution in [3.63, 3.8) is 0 Å². The molecule has 1 aromatic heterocycles. The van der Waals surface area contributed by atoms with Crippen LogP contribution < -0.4 is 5.32 Å². The molecule has 0 aromatic carbocycles. The van der Waals surface area contributed by atoms with E-state index in [0.717, 1.165) is 0 Å². The standard InChI is InChI=1S/C12H15BrN2OS/c1-12(6-3-7-17-12)8-14-11(16)9-4-2-5-10(13)15-9/h2,4-5H,3,6-8H2,1H3,(H,14,16). The summed E-state index contributed by atoms with van der Waals surface area (Å²) in [5.41, 5.74) is 0.464. The maximum atomic E-state index is 11.9. The first-order chi connectivity index (χ1) is 8.09. The molecule has 1 fully saturated rings. The van der Waals surface area contributed by atoms with Gasteiger partial charge in [0.1, 0.15) is 10.3 Å². The molecule has 1 saturated heterocycles. The Morgan fingerprint density at radius 3 is 3.12 bits per heavy atom. The van der Waals surface area contributed by atoms with E-state index in [0.29, 0.717) is 16.8 Å². The second kappa shape index (κ2) is 5.40. The fraction of sp³-hybridized carbons (Fsp3) is 0.500. The number of hydrogen-bond donors (Lipinski definition) is 1. The summed E-state index contributed by atoms with van der Waals surface area (Å²) in [6, 6.07) is 5.35. The van der Waals surface area contributed by atoms with E-state index in [4.69, 9.17) is 0 Å². The zero-order valence-corrected chi connectivity index (χ0v) is 12.1. The molecule has 0 radical (unpaired) electrons. The van der Waals surface area contributed by atoms with Crippen molar-refractivity contribution in [1.29, 1.82) is 0 Å². The highest BCUT2D eigenvalue weighted by atomic mass is 79.9. The third-order valence-electron chi connectivity index (χ3n) is 2.87. The molecule has 0 saturated carbocycles. The Kier molecular flexibility index (Phi) is 4.09. The molecule has 0 aliphatic carbocycles. The van der Waals surface area contributed by atoms with Crippen LogP contribution in [0.5, 0.6) is 0 Å². The van der Waals surface area contributed by atoms with Gasteiger partial charge in [0.05, 0.1) is 0 Å². The summed E-state index contributed by atoms with van der Waals surface area (Å²) in [4.78, 5) is 16.0. The highest BCUT2D eigenvalue weighted by molar-refractivity contribution is 9.10. The minimum absolute atomic E-state index is 0.0972. The highest BCUT2D eigenvalue weighted by Crippen LogP contribution is 2.36. The Hall–Kier alpha value is -0.550. The summed E-state index contributed by atoms with van der Waals surface area (Å²) < 4.78 is 0.883. The molecule has 2 heterocycles. The molecule has 1 aromatic rings. The van der Waals surface area contributed by atoms with E-state index in [2.05, 4.69) is 33.2 Å². The summed E-state index contributed by atoms with van der Waals surface area (Å²) in [5, 5.41) is 2.97. The summed E-state index contributed by atoms with van der Waals surface area (Å²) in [6.07, 6.45) is 2.41. The smallest absolute Gasteiger partial charge is 0.269 e. The number of nitrogens with zero attached hydrogens (tertiary/aromatic N) is 1. The van der Waals surface area contributed by atoms with Crippen molar-refractivity contribution in [3.05, 3.63) is 28.5 Å². The molecule has 92 valence electrons. The van der Waals surface area contributed by atoms with Crippen molar-refractivity contribution in [2.75, 3.05) is 12.3 Å². The highest BCUT2D eigenvalue weighted by Gasteiger charge is 2.29. The molecule has 0 bridgehead atoms. The summed E-state index contributed by atoms with van der Waals surface area (Å²) in [7, 11) is 0. The van der Waals surface area contributed by atoms with Crippen LogP contribution >= 0.6 is 27.7 Å². The molecular formula is C12H15BrN2OS. The van der Waals surface area contributed by atoms with Gasteiger partial charge in [-0.2, -0.15) is 11.8 Å². The lowest BCUT2D eigenvalue weighted by molar-refractivity contribution is 0.0945. The lowest BCUT2D eigenvalue weighted by Crippen LogP contribution is -2.37. The third kappa shape index (κ3) is 3.45. The van der Waals surface area contributed by atoms with Crippen LogP contribution in [0.25, 0.3) is 0 Å². The number of amides is 1. The molecule has 3 nitrogen and oxygen atoms in total. The third-order valence-corrected chi connectivity index (χ3v) is 4.85. The molecular weight excluding hydrogens is 300 g/mol. The van der Waals surface area contributed by atoms with Gasteiger partial charge in [-0.1, -0.05) is 6.07 Å². The molecule has 1 unspecified atom stereocenters. The fourth-order valence-electron chi connectivity index (χ4n) is 1.87. The van der Waals surface area contributed by atoms with Crippen LogP contribution in [0.2, 0.25) is 0 Å². The SMILES string of the molecule is CC1(CNC(=O)c2cccc(Br)n2)CCCS1. The lowest BCUT2D eigenvalue weighted by Gasteiger charge is -2.22. The Balaban J connectivity index is 1.93. The van der Waals surface area contributed by atoms with E-state index in [9.17, 15) is 4.79 Å². The number of carbonyl (C=O) groups is 1. The minimum Gasteiger partial charge on any atom is -0.349 e. The van der Waals surface area contributed by atoms with Crippen LogP contribution in [-0.4, -0.2) is 27.9 Å². The Labute approximate surface area is 114 Å². The number of nitrogens with one attached hydrogen (secondary N) is 1. The topological polar surface area (TPSA) is 42.0 Å². The molecule has 1 aliphatic rings. The first-order valence-corrected chi connectivity index (χ1v) is 7.42. The summed E-state index contributed by atoms with van der Waals surface area (Å²) >= 11 is 5.20. The van der Waals surface area contributed by atoms with Crippen LogP contribution in [0.4, 0.5) is 0 Å². The zero-order valence-electron chi connectivity index (χ0n) is 9.70. The fourth-order valence-corrected chi connectivity index (χ4v) is 3.46. The Bertz CT molecular complexity index is 419. The summed E-state index contributed by atoms with van der Waals surface area (Å²) in [5.74, 6) is 1.10. The van der Waals surface area contributed by atoms with E-state index in [1.165, 1.54) is 18.6 Å². The van der Waals surface area contributed by atoms with Crippen LogP contribution in [0.1, 0.15) is 30.3 Å². The first-order valence-electron chi connectivity index (χ1n) is 5.64. The van der Waals surface area contributed by atoms with Gasteiger partial charge in [-0.05, 0) is 53.6 Å². The maximum Gasteiger partial charge on any atom is 0.269 e. The predicted octanol–water partition coefficient (Wildman–Crippen LogP) is 2.86. The average molecular weight is 315 g/mol. The normalized spacial score (nSPS) is 23.6. The summed E-state index contributed by atoms with van der Waals surface area (Å²) in [6.45, 7) is 2.92. The van der Waals surface area contributed by atoms with Crippen LogP contribution in [-0.2, 0) is 0 Å². The molecule has 5 heteroatoms. The van der Waals surface area contributed by atoms with Gasteiger partial charge in [-0.25, -0.2) is 4.98 Å². The van der Waals surface area contributed by atoms with Crippen molar-refractivity contribution in [2.45, 2.75) is 24.5 Å². The average Bonchev–Trinajstić information content (AvgIpc) is 2.74.